The van der Waals surface area contributed by atoms with Gasteiger partial charge < -0.3 is 0 Å². The normalized spacial score (nSPS) is 37.8. The number of hydrogen-bond acceptors (Lipinski definition) is 1. The van der Waals surface area contributed by atoms with E-state index < -0.39 is 0 Å². The van der Waals surface area contributed by atoms with Gasteiger partial charge in [-0.1, -0.05) is 30.9 Å². The number of carbonyl (C=O) groups is 1. The van der Waals surface area contributed by atoms with Crippen LogP contribution in [0, 0.1) is 17.8 Å². The molecule has 1 heteroatoms. The summed E-state index contributed by atoms with van der Waals surface area (Å²) in [6, 6.07) is 0. The van der Waals surface area contributed by atoms with E-state index in [0.29, 0.717) is 11.7 Å². The van der Waals surface area contributed by atoms with E-state index in [4.69, 9.17) is 0 Å². The minimum absolute atomic E-state index is 0.357. The van der Waals surface area contributed by atoms with Crippen molar-refractivity contribution in [1.29, 1.82) is 0 Å². The Hall–Kier alpha value is -0.590. The topological polar surface area (TPSA) is 17.1 Å². The Bertz CT molecular complexity index is 273. The summed E-state index contributed by atoms with van der Waals surface area (Å²) in [6.07, 6.45) is 10.0. The van der Waals surface area contributed by atoms with Crippen molar-refractivity contribution in [3.63, 3.8) is 0 Å². The molecule has 0 aliphatic heterocycles. The average molecular weight is 176 g/mol. The molecule has 0 amide bonds. The molecule has 3 aliphatic rings. The Labute approximate surface area is 79.2 Å². The molecule has 2 atom stereocenters. The second-order valence-corrected chi connectivity index (χ2v) is 4.99. The van der Waals surface area contributed by atoms with Crippen LogP contribution in [-0.4, -0.2) is 5.78 Å². The van der Waals surface area contributed by atoms with Gasteiger partial charge in [0.15, 0.2) is 0 Å². The number of Topliss-reactive ketones (excluding diaryl/α,β-unsaturated/α-hetero) is 1. The lowest BCUT2D eigenvalue weighted by atomic mass is 9.74. The molecule has 0 bridgehead atoms. The highest BCUT2D eigenvalue weighted by Crippen LogP contribution is 2.46. The molecule has 0 aromatic heterocycles. The third-order valence-corrected chi connectivity index (χ3v) is 4.06. The van der Waals surface area contributed by atoms with Gasteiger partial charge in [0, 0.05) is 12.3 Å². The second-order valence-electron chi connectivity index (χ2n) is 4.99. The molecule has 0 aromatic carbocycles. The zero-order chi connectivity index (χ0) is 8.84. The summed E-state index contributed by atoms with van der Waals surface area (Å²) in [4.78, 5) is 11.2. The highest BCUT2D eigenvalue weighted by Gasteiger charge is 2.42. The molecule has 1 nitrogen and oxygen atoms in total. The molecule has 2 fully saturated rings. The summed E-state index contributed by atoms with van der Waals surface area (Å²) in [5.41, 5.74) is 1.60. The van der Waals surface area contributed by atoms with E-state index >= 15 is 0 Å². The molecule has 0 radical (unpaired) electrons. The van der Waals surface area contributed by atoms with Crippen LogP contribution in [0.25, 0.3) is 0 Å². The summed E-state index contributed by atoms with van der Waals surface area (Å²) in [6.45, 7) is 0. The first-order valence-electron chi connectivity index (χ1n) is 5.55. The van der Waals surface area contributed by atoms with E-state index in [9.17, 15) is 4.79 Å². The van der Waals surface area contributed by atoms with E-state index in [2.05, 4.69) is 6.08 Å². The molecule has 3 rings (SSSR count). The van der Waals surface area contributed by atoms with E-state index in [1.165, 1.54) is 32.1 Å². The molecule has 1 unspecified atom stereocenters. The van der Waals surface area contributed by atoms with Crippen LogP contribution in [0.15, 0.2) is 11.6 Å². The zero-order valence-corrected chi connectivity index (χ0v) is 7.96. The van der Waals surface area contributed by atoms with Crippen molar-refractivity contribution in [2.45, 2.75) is 38.5 Å². The van der Waals surface area contributed by atoms with Crippen molar-refractivity contribution in [1.82, 2.24) is 0 Å². The van der Waals surface area contributed by atoms with Crippen LogP contribution >= 0.6 is 0 Å². The van der Waals surface area contributed by atoms with Crippen LogP contribution in [0.1, 0.15) is 38.5 Å². The average Bonchev–Trinajstić information content (AvgIpc) is 2.35. The summed E-state index contributed by atoms with van der Waals surface area (Å²) in [7, 11) is 0. The van der Waals surface area contributed by atoms with Crippen molar-refractivity contribution in [3.8, 4) is 0 Å². The monoisotopic (exact) mass is 176 g/mol. The lowest BCUT2D eigenvalue weighted by Crippen LogP contribution is -2.32. The lowest BCUT2D eigenvalue weighted by molar-refractivity contribution is -0.130. The van der Waals surface area contributed by atoms with Gasteiger partial charge in [-0.25, -0.2) is 0 Å². The first-order valence-corrected chi connectivity index (χ1v) is 5.55. The maximum Gasteiger partial charge on any atom is 0.140 e. The van der Waals surface area contributed by atoms with Gasteiger partial charge in [0.05, 0.1) is 0 Å². The quantitative estimate of drug-likeness (QED) is 0.591. The Kier molecular flexibility index (Phi) is 1.61. The van der Waals surface area contributed by atoms with E-state index in [-0.39, 0.29) is 0 Å². The fourth-order valence-corrected chi connectivity index (χ4v) is 2.93. The summed E-state index contributed by atoms with van der Waals surface area (Å²) < 4.78 is 0. The van der Waals surface area contributed by atoms with Crippen molar-refractivity contribution in [2.24, 2.45) is 17.8 Å². The Morgan fingerprint density at radius 3 is 2.69 bits per heavy atom. The summed E-state index contributed by atoms with van der Waals surface area (Å²) in [5.74, 6) is 2.55. The van der Waals surface area contributed by atoms with Crippen molar-refractivity contribution in [2.75, 3.05) is 0 Å². The van der Waals surface area contributed by atoms with Crippen LogP contribution in [0.2, 0.25) is 0 Å². The fourth-order valence-electron chi connectivity index (χ4n) is 2.93. The standard InChI is InChI=1S/C12H16O/c13-12-7-10-5-9(6-11(10)12)4-8-2-1-3-8/h6,8,10-11H,1-5,7H2/t10-,11?/m1/s1. The smallest absolute Gasteiger partial charge is 0.140 e. The fraction of sp³-hybridized carbons (Fsp3) is 0.750. The largest absolute Gasteiger partial charge is 0.299 e. The number of carbonyl (C=O) groups excluding carboxylic acids is 1. The molecular formula is C12H16O. The molecule has 0 saturated heterocycles. The SMILES string of the molecule is O=C1C[C@H]2CC(CC3CCC3)=CC12. The predicted octanol–water partition coefficient (Wildman–Crippen LogP) is 2.71. The van der Waals surface area contributed by atoms with Gasteiger partial charge in [-0.15, -0.1) is 0 Å². The zero-order valence-electron chi connectivity index (χ0n) is 7.96. The molecular weight excluding hydrogens is 160 g/mol. The van der Waals surface area contributed by atoms with Crippen molar-refractivity contribution >= 4 is 5.78 Å². The minimum Gasteiger partial charge on any atom is -0.299 e. The Morgan fingerprint density at radius 2 is 2.15 bits per heavy atom. The molecule has 2 saturated carbocycles. The summed E-state index contributed by atoms with van der Waals surface area (Å²) in [5, 5.41) is 0. The molecule has 13 heavy (non-hydrogen) atoms. The number of rotatable bonds is 2. The van der Waals surface area contributed by atoms with Crippen molar-refractivity contribution in [3.05, 3.63) is 11.6 Å². The Balaban J connectivity index is 1.62. The third-order valence-electron chi connectivity index (χ3n) is 4.06. The van der Waals surface area contributed by atoms with Gasteiger partial charge in [0.2, 0.25) is 0 Å². The van der Waals surface area contributed by atoms with Gasteiger partial charge in [0.1, 0.15) is 5.78 Å². The maximum atomic E-state index is 11.2. The first-order chi connectivity index (χ1) is 6.33. The van der Waals surface area contributed by atoms with E-state index in [1.54, 1.807) is 5.57 Å². The van der Waals surface area contributed by atoms with Gasteiger partial charge in [-0.3, -0.25) is 4.79 Å². The van der Waals surface area contributed by atoms with Crippen LogP contribution in [0.3, 0.4) is 0 Å². The Morgan fingerprint density at radius 1 is 1.31 bits per heavy atom. The van der Waals surface area contributed by atoms with Gasteiger partial charge in [0.25, 0.3) is 0 Å². The second kappa shape index (κ2) is 2.70. The number of allylic oxidation sites excluding steroid dienone is 2. The number of hydrogen-bond donors (Lipinski definition) is 0. The van der Waals surface area contributed by atoms with Crippen LogP contribution in [0.4, 0.5) is 0 Å². The molecule has 70 valence electrons. The molecule has 0 heterocycles. The van der Waals surface area contributed by atoms with Crippen LogP contribution in [0.5, 0.6) is 0 Å². The van der Waals surface area contributed by atoms with Gasteiger partial charge >= 0.3 is 0 Å². The van der Waals surface area contributed by atoms with E-state index in [0.717, 1.165) is 18.3 Å². The van der Waals surface area contributed by atoms with Crippen LogP contribution < -0.4 is 0 Å². The molecule has 0 aromatic rings. The molecule has 0 spiro atoms. The highest BCUT2D eigenvalue weighted by atomic mass is 16.1. The number of ketones is 1. The molecule has 0 N–H and O–H groups in total. The minimum atomic E-state index is 0.357. The summed E-state index contributed by atoms with van der Waals surface area (Å²) >= 11 is 0. The molecule has 3 aliphatic carbocycles. The lowest BCUT2D eigenvalue weighted by Gasteiger charge is -2.28. The van der Waals surface area contributed by atoms with E-state index in [1.807, 2.05) is 0 Å². The van der Waals surface area contributed by atoms with Gasteiger partial charge in [-0.05, 0) is 24.7 Å². The van der Waals surface area contributed by atoms with Gasteiger partial charge in [-0.2, -0.15) is 0 Å². The van der Waals surface area contributed by atoms with Crippen LogP contribution in [-0.2, 0) is 4.79 Å². The number of fused-ring (bicyclic) bond motifs is 1. The third kappa shape index (κ3) is 1.17. The highest BCUT2D eigenvalue weighted by molar-refractivity contribution is 5.90. The predicted molar refractivity (Wildman–Crippen MR) is 51.3 cm³/mol. The first kappa shape index (κ1) is 7.78. The van der Waals surface area contributed by atoms with Crippen molar-refractivity contribution < 1.29 is 4.79 Å². The maximum absolute atomic E-state index is 11.2.